The Morgan fingerprint density at radius 2 is 1.86 bits per heavy atom. The van der Waals surface area contributed by atoms with Crippen molar-refractivity contribution < 1.29 is 9.18 Å². The predicted molar refractivity (Wildman–Crippen MR) is 147 cm³/mol. The summed E-state index contributed by atoms with van der Waals surface area (Å²) in [6, 6.07) is 7.71. The quantitative estimate of drug-likeness (QED) is 0.290. The number of aromatic nitrogens is 2. The Morgan fingerprint density at radius 1 is 1.06 bits per heavy atom. The maximum Gasteiger partial charge on any atom is 0.229 e. The lowest BCUT2D eigenvalue weighted by Gasteiger charge is -2.29. The average Bonchev–Trinajstić information content (AvgIpc) is 3.36. The summed E-state index contributed by atoms with van der Waals surface area (Å²) in [6.45, 7) is 3.59. The highest BCUT2D eigenvalue weighted by Gasteiger charge is 2.24. The van der Waals surface area contributed by atoms with E-state index in [-0.39, 0.29) is 11.6 Å². The number of nitrogens with zero attached hydrogens (tertiary/aromatic N) is 2. The molecule has 0 unspecified atom stereocenters. The normalized spacial score (nSPS) is 20.8. The largest absolute Gasteiger partial charge is 0.366 e. The number of benzene rings is 1. The number of fused-ring (bicyclic) bond motifs is 1. The van der Waals surface area contributed by atoms with E-state index in [0.29, 0.717) is 35.9 Å². The summed E-state index contributed by atoms with van der Waals surface area (Å²) in [6.07, 6.45) is 13.2. The molecule has 2 N–H and O–H groups in total. The van der Waals surface area contributed by atoms with Crippen molar-refractivity contribution >= 4 is 44.8 Å². The van der Waals surface area contributed by atoms with Gasteiger partial charge in [0.15, 0.2) is 5.78 Å². The molecule has 2 saturated carbocycles. The summed E-state index contributed by atoms with van der Waals surface area (Å²) >= 11 is 1.62. The Kier molecular flexibility index (Phi) is 7.95. The van der Waals surface area contributed by atoms with Crippen molar-refractivity contribution in [2.24, 2.45) is 11.8 Å². The Balaban J connectivity index is 1.26. The third kappa shape index (κ3) is 6.12. The minimum atomic E-state index is -0.160. The van der Waals surface area contributed by atoms with Gasteiger partial charge in [-0.05, 0) is 79.2 Å². The lowest BCUT2D eigenvalue weighted by atomic mass is 9.83. The van der Waals surface area contributed by atoms with Crippen molar-refractivity contribution in [2.75, 3.05) is 10.6 Å². The van der Waals surface area contributed by atoms with Crippen LogP contribution in [-0.2, 0) is 11.2 Å². The van der Waals surface area contributed by atoms with Crippen molar-refractivity contribution in [1.82, 2.24) is 9.97 Å². The maximum absolute atomic E-state index is 14.9. The van der Waals surface area contributed by atoms with Crippen LogP contribution in [0, 0.1) is 17.7 Å². The molecule has 0 amide bonds. The van der Waals surface area contributed by atoms with Gasteiger partial charge in [-0.15, -0.1) is 11.3 Å². The molecular weight excluding hydrogens is 471 g/mol. The summed E-state index contributed by atoms with van der Waals surface area (Å²) < 4.78 is 15.9. The topological polar surface area (TPSA) is 66.9 Å². The van der Waals surface area contributed by atoms with Gasteiger partial charge in [-0.3, -0.25) is 4.79 Å². The molecule has 2 heterocycles. The standard InChI is InChI=1S/C29H35FN4OS/c1-2-24(35)17-20-8-11-22(12-9-20)31-28-27-26(14-15-36-27)33-29(34-28)32-23-13-10-21(25(30)18-23)16-19-6-4-3-5-7-19/h2,10,13-15,18-20,22H,1,3-9,11-12,16-17H2,(H2,31,32,33,34). The van der Waals surface area contributed by atoms with Gasteiger partial charge in [0.2, 0.25) is 5.95 Å². The zero-order valence-electron chi connectivity index (χ0n) is 20.8. The molecule has 0 radical (unpaired) electrons. The first kappa shape index (κ1) is 24.9. The Morgan fingerprint density at radius 3 is 2.61 bits per heavy atom. The minimum absolute atomic E-state index is 0.136. The molecule has 0 atom stereocenters. The van der Waals surface area contributed by atoms with Gasteiger partial charge in [0.05, 0.1) is 10.2 Å². The molecule has 36 heavy (non-hydrogen) atoms. The van der Waals surface area contributed by atoms with Crippen molar-refractivity contribution in [2.45, 2.75) is 76.7 Å². The van der Waals surface area contributed by atoms with Crippen LogP contribution >= 0.6 is 11.3 Å². The first-order chi connectivity index (χ1) is 17.6. The summed E-state index contributed by atoms with van der Waals surface area (Å²) in [5.41, 5.74) is 2.34. The molecule has 2 aromatic heterocycles. The number of carbonyl (C=O) groups is 1. The lowest BCUT2D eigenvalue weighted by molar-refractivity contribution is -0.115. The van der Waals surface area contributed by atoms with E-state index < -0.39 is 0 Å². The van der Waals surface area contributed by atoms with Gasteiger partial charge in [0.1, 0.15) is 11.6 Å². The van der Waals surface area contributed by atoms with Crippen LogP contribution in [0.3, 0.4) is 0 Å². The fourth-order valence-electron chi connectivity index (χ4n) is 5.71. The van der Waals surface area contributed by atoms with Crippen LogP contribution < -0.4 is 10.6 Å². The number of rotatable bonds is 9. The molecule has 0 spiro atoms. The number of ketones is 1. The molecule has 2 fully saturated rings. The number of thiophene rings is 1. The van der Waals surface area contributed by atoms with E-state index in [9.17, 15) is 9.18 Å². The van der Waals surface area contributed by atoms with Gasteiger partial charge in [0, 0.05) is 18.2 Å². The molecule has 0 saturated heterocycles. The van der Waals surface area contributed by atoms with Gasteiger partial charge < -0.3 is 10.6 Å². The molecule has 190 valence electrons. The molecule has 0 aliphatic heterocycles. The van der Waals surface area contributed by atoms with Gasteiger partial charge >= 0.3 is 0 Å². The monoisotopic (exact) mass is 506 g/mol. The van der Waals surface area contributed by atoms with Crippen LogP contribution in [0.4, 0.5) is 21.8 Å². The molecule has 7 heteroatoms. The number of halogens is 1. The van der Waals surface area contributed by atoms with Crippen molar-refractivity contribution in [1.29, 1.82) is 0 Å². The molecule has 5 rings (SSSR count). The summed E-state index contributed by atoms with van der Waals surface area (Å²) in [7, 11) is 0. The number of anilines is 3. The van der Waals surface area contributed by atoms with E-state index in [2.05, 4.69) is 22.2 Å². The van der Waals surface area contributed by atoms with Crippen LogP contribution in [0.1, 0.15) is 69.8 Å². The predicted octanol–water partition coefficient (Wildman–Crippen LogP) is 7.81. The number of allylic oxidation sites excluding steroid dienone is 1. The second-order valence-corrected chi connectivity index (χ2v) is 11.3. The average molecular weight is 507 g/mol. The molecule has 2 aliphatic carbocycles. The zero-order valence-corrected chi connectivity index (χ0v) is 21.6. The summed E-state index contributed by atoms with van der Waals surface area (Å²) in [4.78, 5) is 21.1. The Hall–Kier alpha value is -2.80. The molecular formula is C29H35FN4OS. The number of carbonyl (C=O) groups excluding carboxylic acids is 1. The zero-order chi connectivity index (χ0) is 24.9. The minimum Gasteiger partial charge on any atom is -0.366 e. The Labute approximate surface area is 216 Å². The van der Waals surface area contributed by atoms with E-state index in [1.54, 1.807) is 17.4 Å². The van der Waals surface area contributed by atoms with Crippen molar-refractivity contribution in [3.63, 3.8) is 0 Å². The smallest absolute Gasteiger partial charge is 0.229 e. The van der Waals surface area contributed by atoms with Crippen LogP contribution in [0.15, 0.2) is 42.3 Å². The highest BCUT2D eigenvalue weighted by Crippen LogP contribution is 2.33. The third-order valence-electron chi connectivity index (χ3n) is 7.75. The first-order valence-electron chi connectivity index (χ1n) is 13.3. The van der Waals surface area contributed by atoms with Gasteiger partial charge in [-0.1, -0.05) is 44.7 Å². The SMILES string of the molecule is C=CC(=O)CC1CCC(Nc2nc(Nc3ccc(CC4CCCCC4)c(F)c3)nc3ccsc23)CC1. The highest BCUT2D eigenvalue weighted by atomic mass is 32.1. The van der Waals surface area contributed by atoms with E-state index in [1.807, 2.05) is 23.6 Å². The van der Waals surface area contributed by atoms with E-state index in [4.69, 9.17) is 4.98 Å². The molecule has 2 aliphatic rings. The highest BCUT2D eigenvalue weighted by molar-refractivity contribution is 7.17. The van der Waals surface area contributed by atoms with E-state index >= 15 is 0 Å². The van der Waals surface area contributed by atoms with E-state index in [0.717, 1.165) is 53.7 Å². The fraction of sp³-hybridized carbons (Fsp3) is 0.483. The Bertz CT molecular complexity index is 1210. The van der Waals surface area contributed by atoms with Crippen molar-refractivity contribution in [3.05, 3.63) is 53.7 Å². The number of nitrogens with one attached hydrogen (secondary N) is 2. The number of hydrogen-bond donors (Lipinski definition) is 2. The van der Waals surface area contributed by atoms with Crippen molar-refractivity contribution in [3.8, 4) is 0 Å². The van der Waals surface area contributed by atoms with Crippen LogP contribution in [-0.4, -0.2) is 21.8 Å². The molecule has 3 aromatic rings. The van der Waals surface area contributed by atoms with Gasteiger partial charge in [-0.2, -0.15) is 4.98 Å². The first-order valence-corrected chi connectivity index (χ1v) is 14.2. The van der Waals surface area contributed by atoms with Crippen LogP contribution in [0.2, 0.25) is 0 Å². The molecule has 1 aromatic carbocycles. The summed E-state index contributed by atoms with van der Waals surface area (Å²) in [5.74, 6) is 2.30. The number of hydrogen-bond acceptors (Lipinski definition) is 6. The second-order valence-electron chi connectivity index (χ2n) is 10.4. The van der Waals surface area contributed by atoms with Crippen LogP contribution in [0.5, 0.6) is 0 Å². The maximum atomic E-state index is 14.9. The van der Waals surface area contributed by atoms with Gasteiger partial charge in [0.25, 0.3) is 0 Å². The van der Waals surface area contributed by atoms with Gasteiger partial charge in [-0.25, -0.2) is 9.37 Å². The third-order valence-corrected chi connectivity index (χ3v) is 8.66. The second kappa shape index (κ2) is 11.5. The lowest BCUT2D eigenvalue weighted by Crippen LogP contribution is -2.27. The molecule has 5 nitrogen and oxygen atoms in total. The van der Waals surface area contributed by atoms with Crippen LogP contribution in [0.25, 0.3) is 10.2 Å². The molecule has 0 bridgehead atoms. The fourth-order valence-corrected chi connectivity index (χ4v) is 6.49. The van der Waals surface area contributed by atoms with E-state index in [1.165, 1.54) is 38.2 Å². The summed E-state index contributed by atoms with van der Waals surface area (Å²) in [5, 5.41) is 8.88.